The van der Waals surface area contributed by atoms with Gasteiger partial charge < -0.3 is 9.80 Å². The average Bonchev–Trinajstić information content (AvgIpc) is 2.57. The van der Waals surface area contributed by atoms with Crippen LogP contribution in [-0.4, -0.2) is 49.2 Å². The van der Waals surface area contributed by atoms with Gasteiger partial charge in [-0.25, -0.2) is 4.98 Å². The molecule has 2 aliphatic rings. The van der Waals surface area contributed by atoms with Crippen molar-refractivity contribution in [2.75, 3.05) is 38.1 Å². The summed E-state index contributed by atoms with van der Waals surface area (Å²) in [5, 5.41) is 4.10. The van der Waals surface area contributed by atoms with Crippen molar-refractivity contribution in [1.29, 1.82) is 0 Å². The van der Waals surface area contributed by atoms with Gasteiger partial charge in [0.25, 0.3) is 0 Å². The first-order chi connectivity index (χ1) is 11.5. The molecule has 1 aromatic carbocycles. The number of halogens is 1. The van der Waals surface area contributed by atoms with Crippen LogP contribution in [0.25, 0.3) is 17.0 Å². The SMILES string of the molecule is CC1C=c2c(c(N3CCN(C)CC3)nc3ccc(Cl)cc23)=NC1C. The molecule has 0 bridgehead atoms. The van der Waals surface area contributed by atoms with Crippen LogP contribution >= 0.6 is 11.6 Å². The third kappa shape index (κ3) is 2.68. The first kappa shape index (κ1) is 15.9. The maximum absolute atomic E-state index is 6.24. The van der Waals surface area contributed by atoms with Gasteiger partial charge in [-0.2, -0.15) is 0 Å². The maximum atomic E-state index is 6.24. The molecule has 24 heavy (non-hydrogen) atoms. The van der Waals surface area contributed by atoms with Crippen molar-refractivity contribution in [3.05, 3.63) is 33.8 Å². The van der Waals surface area contributed by atoms with E-state index in [1.54, 1.807) is 0 Å². The fourth-order valence-corrected chi connectivity index (χ4v) is 3.67. The molecule has 0 amide bonds. The molecule has 5 heteroatoms. The molecule has 4 nitrogen and oxygen atoms in total. The summed E-state index contributed by atoms with van der Waals surface area (Å²) in [6.07, 6.45) is 2.34. The van der Waals surface area contributed by atoms with Crippen molar-refractivity contribution in [1.82, 2.24) is 9.88 Å². The van der Waals surface area contributed by atoms with Gasteiger partial charge in [0, 0.05) is 41.8 Å². The molecule has 4 rings (SSSR count). The predicted octanol–water partition coefficient (Wildman–Crippen LogP) is 2.08. The van der Waals surface area contributed by atoms with Gasteiger partial charge in [0.2, 0.25) is 0 Å². The van der Waals surface area contributed by atoms with Crippen LogP contribution < -0.4 is 15.5 Å². The Kier molecular flexibility index (Phi) is 3.97. The minimum Gasteiger partial charge on any atom is -0.352 e. The van der Waals surface area contributed by atoms with Crippen LogP contribution in [-0.2, 0) is 0 Å². The zero-order valence-electron chi connectivity index (χ0n) is 14.5. The maximum Gasteiger partial charge on any atom is 0.155 e. The molecule has 1 saturated heterocycles. The normalized spacial score (nSPS) is 24.4. The Balaban J connectivity index is 1.98. The molecule has 126 valence electrons. The second-order valence-electron chi connectivity index (χ2n) is 7.04. The van der Waals surface area contributed by atoms with E-state index in [9.17, 15) is 0 Å². The van der Waals surface area contributed by atoms with Crippen molar-refractivity contribution in [2.45, 2.75) is 19.9 Å². The smallest absolute Gasteiger partial charge is 0.155 e. The highest BCUT2D eigenvalue weighted by molar-refractivity contribution is 6.31. The summed E-state index contributed by atoms with van der Waals surface area (Å²) in [7, 11) is 2.17. The van der Waals surface area contributed by atoms with E-state index in [-0.39, 0.29) is 6.04 Å². The Labute approximate surface area is 147 Å². The van der Waals surface area contributed by atoms with Crippen LogP contribution in [0.15, 0.2) is 23.2 Å². The highest BCUT2D eigenvalue weighted by Crippen LogP contribution is 2.20. The molecule has 2 atom stereocenters. The second kappa shape index (κ2) is 6.01. The number of fused-ring (bicyclic) bond motifs is 3. The Morgan fingerprint density at radius 1 is 1.12 bits per heavy atom. The Hall–Kier alpha value is -1.65. The first-order valence-electron chi connectivity index (χ1n) is 8.65. The predicted molar refractivity (Wildman–Crippen MR) is 100 cm³/mol. The van der Waals surface area contributed by atoms with Crippen LogP contribution in [0.5, 0.6) is 0 Å². The van der Waals surface area contributed by atoms with Crippen molar-refractivity contribution >= 4 is 34.4 Å². The van der Waals surface area contributed by atoms with E-state index >= 15 is 0 Å². The van der Waals surface area contributed by atoms with Gasteiger partial charge in [0.05, 0.1) is 11.6 Å². The van der Waals surface area contributed by atoms with E-state index < -0.39 is 0 Å². The third-order valence-corrected chi connectivity index (χ3v) is 5.50. The lowest BCUT2D eigenvalue weighted by atomic mass is 9.98. The largest absolute Gasteiger partial charge is 0.352 e. The van der Waals surface area contributed by atoms with E-state index in [2.05, 4.69) is 36.8 Å². The molecule has 2 aromatic rings. The Bertz CT molecular complexity index is 900. The molecule has 3 heterocycles. The van der Waals surface area contributed by atoms with Crippen molar-refractivity contribution in [2.24, 2.45) is 10.9 Å². The molecule has 0 aliphatic carbocycles. The third-order valence-electron chi connectivity index (χ3n) is 5.27. The second-order valence-corrected chi connectivity index (χ2v) is 7.48. The summed E-state index contributed by atoms with van der Waals surface area (Å²) in [6.45, 7) is 8.52. The van der Waals surface area contributed by atoms with Crippen LogP contribution in [0.1, 0.15) is 13.8 Å². The van der Waals surface area contributed by atoms with Gasteiger partial charge in [-0.1, -0.05) is 24.6 Å². The zero-order valence-corrected chi connectivity index (χ0v) is 15.2. The number of piperazine rings is 1. The highest BCUT2D eigenvalue weighted by Gasteiger charge is 2.22. The summed E-state index contributed by atoms with van der Waals surface area (Å²) >= 11 is 6.24. The first-order valence-corrected chi connectivity index (χ1v) is 9.03. The number of hydrogen-bond acceptors (Lipinski definition) is 4. The van der Waals surface area contributed by atoms with E-state index in [0.29, 0.717) is 5.92 Å². The molecule has 2 unspecified atom stereocenters. The molecule has 0 saturated carbocycles. The fraction of sp³-hybridized carbons (Fsp3) is 0.474. The van der Waals surface area contributed by atoms with Crippen molar-refractivity contribution in [3.63, 3.8) is 0 Å². The summed E-state index contributed by atoms with van der Waals surface area (Å²) in [5.41, 5.74) is 1.00. The van der Waals surface area contributed by atoms with E-state index in [4.69, 9.17) is 21.6 Å². The number of hydrogen-bond donors (Lipinski definition) is 0. The van der Waals surface area contributed by atoms with Gasteiger partial charge in [0.15, 0.2) is 5.82 Å². The Morgan fingerprint density at radius 3 is 2.62 bits per heavy atom. The molecule has 1 fully saturated rings. The topological polar surface area (TPSA) is 31.7 Å². The lowest BCUT2D eigenvalue weighted by molar-refractivity contribution is 0.311. The fourth-order valence-electron chi connectivity index (χ4n) is 3.49. The highest BCUT2D eigenvalue weighted by atomic mass is 35.5. The number of benzene rings is 1. The minimum absolute atomic E-state index is 0.280. The molecular weight excluding hydrogens is 320 g/mol. The van der Waals surface area contributed by atoms with Gasteiger partial charge >= 0.3 is 0 Å². The number of nitrogens with zero attached hydrogens (tertiary/aromatic N) is 4. The lowest BCUT2D eigenvalue weighted by Crippen LogP contribution is -2.49. The van der Waals surface area contributed by atoms with Crippen LogP contribution in [0.3, 0.4) is 0 Å². The number of likely N-dealkylation sites (N-methyl/N-ethyl adjacent to an activating group) is 1. The summed E-state index contributed by atoms with van der Waals surface area (Å²) in [4.78, 5) is 14.7. The quantitative estimate of drug-likeness (QED) is 0.795. The Morgan fingerprint density at radius 2 is 1.88 bits per heavy atom. The van der Waals surface area contributed by atoms with Gasteiger partial charge in [-0.15, -0.1) is 0 Å². The zero-order chi connectivity index (χ0) is 16.8. The molecular formula is C19H23ClN4. The average molecular weight is 343 g/mol. The molecule has 0 radical (unpaired) electrons. The summed E-state index contributed by atoms with van der Waals surface area (Å²) < 4.78 is 0. The molecule has 0 spiro atoms. The van der Waals surface area contributed by atoms with E-state index in [1.807, 2.05) is 18.2 Å². The van der Waals surface area contributed by atoms with Gasteiger partial charge in [0.1, 0.15) is 5.36 Å². The number of rotatable bonds is 1. The summed E-state index contributed by atoms with van der Waals surface area (Å²) in [6, 6.07) is 6.24. The van der Waals surface area contributed by atoms with Crippen molar-refractivity contribution < 1.29 is 0 Å². The monoisotopic (exact) mass is 342 g/mol. The molecule has 0 N–H and O–H groups in total. The van der Waals surface area contributed by atoms with E-state index in [0.717, 1.165) is 53.3 Å². The minimum atomic E-state index is 0.280. The van der Waals surface area contributed by atoms with Crippen LogP contribution in [0, 0.1) is 5.92 Å². The molecule has 2 aliphatic heterocycles. The number of aromatic nitrogens is 1. The van der Waals surface area contributed by atoms with Gasteiger partial charge in [-0.3, -0.25) is 4.99 Å². The molecule has 1 aromatic heterocycles. The number of pyridine rings is 1. The van der Waals surface area contributed by atoms with E-state index in [1.165, 1.54) is 5.22 Å². The van der Waals surface area contributed by atoms with Crippen LogP contribution in [0.4, 0.5) is 5.82 Å². The lowest BCUT2D eigenvalue weighted by Gasteiger charge is -2.34. The van der Waals surface area contributed by atoms with Gasteiger partial charge in [-0.05, 0) is 38.1 Å². The summed E-state index contributed by atoms with van der Waals surface area (Å²) in [5.74, 6) is 1.45. The number of anilines is 1. The van der Waals surface area contributed by atoms with Crippen molar-refractivity contribution in [3.8, 4) is 0 Å². The standard InChI is InChI=1S/C19H23ClN4/c1-12-10-16-15-11-14(20)4-5-17(15)22-19(18(16)21-13(12)2)24-8-6-23(3)7-9-24/h4-5,10-13H,6-9H2,1-3H3. The van der Waals surface area contributed by atoms with Crippen LogP contribution in [0.2, 0.25) is 5.02 Å².